The number of rotatable bonds is 37. The van der Waals surface area contributed by atoms with E-state index in [4.69, 9.17) is 5.11 Å². The summed E-state index contributed by atoms with van der Waals surface area (Å²) in [6, 6.07) is -6.56. The average Bonchev–Trinajstić information content (AvgIpc) is 3.16. The molecule has 4 unspecified atom stereocenters. The monoisotopic (exact) mass is 843 g/mol. The van der Waals surface area contributed by atoms with E-state index in [0.29, 0.717) is 12.8 Å². The van der Waals surface area contributed by atoms with Gasteiger partial charge in [0.05, 0.1) is 0 Å². The molecule has 0 bridgehead atoms. The Hall–Kier alpha value is -5.30. The molecule has 0 aromatic carbocycles. The van der Waals surface area contributed by atoms with Gasteiger partial charge in [-0.1, -0.05) is 84.0 Å². The van der Waals surface area contributed by atoms with Crippen molar-refractivity contribution in [1.29, 1.82) is 0 Å². The Bertz CT molecular complexity index is 1380. The number of carbonyl (C=O) groups is 10. The standard InChI is InChI=1S/C39H65N5O15/c1-2-25-40-35(51)34(39(58)59)44-32(48)24-21-28(38(56)57)43-31(47)23-20-27(37(54)55)42-30(46)22-19-26(36(52)53)41-29(45)17-15-13-11-9-7-5-3-4-6-8-10-12-14-16-18-33(49)50/h26-28,34H,2-25H2,1H3,(H,40,51)(H,41,45)(H,42,46)(H,43,47)(H,44,48)(H,49,50)(H,52,53)(H,54,55)(H,56,57)(H,58,59). The minimum Gasteiger partial charge on any atom is -0.481 e. The first kappa shape index (κ1) is 53.7. The number of carboxylic acids is 5. The maximum Gasteiger partial charge on any atom is 0.336 e. The minimum absolute atomic E-state index is 0.106. The number of carbonyl (C=O) groups excluding carboxylic acids is 5. The number of hydrogen-bond acceptors (Lipinski definition) is 10. The van der Waals surface area contributed by atoms with Crippen molar-refractivity contribution in [2.24, 2.45) is 0 Å². The van der Waals surface area contributed by atoms with Crippen LogP contribution in [0.2, 0.25) is 0 Å². The van der Waals surface area contributed by atoms with Crippen molar-refractivity contribution < 1.29 is 73.5 Å². The molecule has 5 amide bonds. The molecule has 59 heavy (non-hydrogen) atoms. The van der Waals surface area contributed by atoms with Crippen molar-refractivity contribution in [3.63, 3.8) is 0 Å². The van der Waals surface area contributed by atoms with E-state index >= 15 is 0 Å². The molecule has 4 atom stereocenters. The Balaban J connectivity index is 4.51. The third kappa shape index (κ3) is 28.7. The average molecular weight is 844 g/mol. The van der Waals surface area contributed by atoms with Crippen molar-refractivity contribution in [2.45, 2.75) is 179 Å². The van der Waals surface area contributed by atoms with Gasteiger partial charge in [0.1, 0.15) is 18.1 Å². The molecule has 0 rings (SSSR count). The topological polar surface area (TPSA) is 332 Å². The van der Waals surface area contributed by atoms with Crippen molar-refractivity contribution in [1.82, 2.24) is 26.6 Å². The van der Waals surface area contributed by atoms with Gasteiger partial charge in [0, 0.05) is 38.6 Å². The highest BCUT2D eigenvalue weighted by Gasteiger charge is 2.29. The molecular weight excluding hydrogens is 778 g/mol. The van der Waals surface area contributed by atoms with Crippen LogP contribution in [0, 0.1) is 0 Å². The number of nitrogens with one attached hydrogen (secondary N) is 5. The van der Waals surface area contributed by atoms with Crippen molar-refractivity contribution in [3.8, 4) is 0 Å². The molecule has 0 saturated heterocycles. The van der Waals surface area contributed by atoms with Gasteiger partial charge in [-0.25, -0.2) is 19.2 Å². The molecule has 0 spiro atoms. The first-order chi connectivity index (χ1) is 28.0. The van der Waals surface area contributed by atoms with Gasteiger partial charge in [-0.15, -0.1) is 0 Å². The quantitative estimate of drug-likeness (QED) is 0.0317. The fourth-order valence-electron chi connectivity index (χ4n) is 5.90. The van der Waals surface area contributed by atoms with Crippen LogP contribution >= 0.6 is 0 Å². The second-order valence-electron chi connectivity index (χ2n) is 14.5. The number of carboxylic acid groups (broad SMARTS) is 5. The Labute approximate surface area is 344 Å². The summed E-state index contributed by atoms with van der Waals surface area (Å²) in [5.74, 6) is -11.1. The van der Waals surface area contributed by atoms with Crippen LogP contribution in [0.5, 0.6) is 0 Å². The van der Waals surface area contributed by atoms with Crippen molar-refractivity contribution in [3.05, 3.63) is 0 Å². The van der Waals surface area contributed by atoms with Gasteiger partial charge in [0.2, 0.25) is 29.7 Å². The molecule has 0 aliphatic heterocycles. The van der Waals surface area contributed by atoms with Gasteiger partial charge in [-0.3, -0.25) is 28.8 Å². The predicted molar refractivity (Wildman–Crippen MR) is 211 cm³/mol. The van der Waals surface area contributed by atoms with Crippen LogP contribution in [-0.4, -0.2) is 116 Å². The molecule has 0 fully saturated rings. The summed E-state index contributed by atoms with van der Waals surface area (Å²) in [7, 11) is 0. The Morgan fingerprint density at radius 3 is 1.00 bits per heavy atom. The van der Waals surface area contributed by atoms with Gasteiger partial charge in [-0.05, 0) is 38.5 Å². The molecule has 20 heteroatoms. The van der Waals surface area contributed by atoms with Crippen LogP contribution in [0.15, 0.2) is 0 Å². The summed E-state index contributed by atoms with van der Waals surface area (Å²) < 4.78 is 0. The maximum atomic E-state index is 12.5. The van der Waals surface area contributed by atoms with E-state index in [1.165, 1.54) is 12.8 Å². The van der Waals surface area contributed by atoms with E-state index < -0.39 is 116 Å². The van der Waals surface area contributed by atoms with E-state index in [9.17, 15) is 68.4 Å². The van der Waals surface area contributed by atoms with Gasteiger partial charge >= 0.3 is 29.8 Å². The first-order valence-corrected chi connectivity index (χ1v) is 20.6. The smallest absolute Gasteiger partial charge is 0.336 e. The first-order valence-electron chi connectivity index (χ1n) is 20.6. The van der Waals surface area contributed by atoms with Gasteiger partial charge in [0.25, 0.3) is 5.91 Å². The second-order valence-corrected chi connectivity index (χ2v) is 14.5. The van der Waals surface area contributed by atoms with E-state index in [0.717, 1.165) is 70.6 Å². The lowest BCUT2D eigenvalue weighted by atomic mass is 10.0. The fraction of sp³-hybridized carbons (Fsp3) is 0.744. The van der Waals surface area contributed by atoms with E-state index in [2.05, 4.69) is 21.3 Å². The molecule has 0 aliphatic carbocycles. The van der Waals surface area contributed by atoms with Crippen molar-refractivity contribution >= 4 is 59.4 Å². The van der Waals surface area contributed by atoms with Crippen LogP contribution in [0.25, 0.3) is 0 Å². The molecular formula is C39H65N5O15. The third-order valence-corrected chi connectivity index (χ3v) is 9.29. The molecule has 336 valence electrons. The summed E-state index contributed by atoms with van der Waals surface area (Å²) >= 11 is 0. The largest absolute Gasteiger partial charge is 0.481 e. The molecule has 20 nitrogen and oxygen atoms in total. The molecule has 0 saturated carbocycles. The van der Waals surface area contributed by atoms with E-state index in [-0.39, 0.29) is 25.8 Å². The highest BCUT2D eigenvalue weighted by atomic mass is 16.4. The Kier molecular flexibility index (Phi) is 29.7. The van der Waals surface area contributed by atoms with Gasteiger partial charge < -0.3 is 52.1 Å². The highest BCUT2D eigenvalue weighted by molar-refractivity contribution is 6.04. The van der Waals surface area contributed by atoms with Crippen LogP contribution < -0.4 is 26.6 Å². The number of hydrogen-bond donors (Lipinski definition) is 10. The Morgan fingerprint density at radius 1 is 0.390 bits per heavy atom. The zero-order valence-electron chi connectivity index (χ0n) is 34.1. The molecule has 0 radical (unpaired) electrons. The Morgan fingerprint density at radius 2 is 0.695 bits per heavy atom. The van der Waals surface area contributed by atoms with E-state index in [1.807, 2.05) is 5.32 Å². The van der Waals surface area contributed by atoms with E-state index in [1.54, 1.807) is 6.92 Å². The zero-order chi connectivity index (χ0) is 44.6. The molecule has 0 heterocycles. The maximum absolute atomic E-state index is 12.5. The molecule has 0 aromatic heterocycles. The summed E-state index contributed by atoms with van der Waals surface area (Å²) in [6.07, 6.45) is 12.1. The lowest BCUT2D eigenvalue weighted by Crippen LogP contribution is -2.52. The number of unbranched alkanes of at least 4 members (excludes halogenated alkanes) is 13. The molecule has 10 N–H and O–H groups in total. The number of aliphatic carboxylic acids is 5. The van der Waals surface area contributed by atoms with Crippen LogP contribution in [0.1, 0.15) is 155 Å². The zero-order valence-corrected chi connectivity index (χ0v) is 34.1. The summed E-state index contributed by atoms with van der Waals surface area (Å²) in [4.78, 5) is 119. The minimum atomic E-state index is -1.92. The van der Waals surface area contributed by atoms with Gasteiger partial charge in [-0.2, -0.15) is 0 Å². The number of amides is 5. The highest BCUT2D eigenvalue weighted by Crippen LogP contribution is 2.14. The fourth-order valence-corrected chi connectivity index (χ4v) is 5.90. The SMILES string of the molecule is CCCNC(=O)C(NC(=O)CCC(NC(=O)CCC(NC(=O)CCC(NC(=O)CCCCCCCCCCCCCCCCC(=O)O)C(=O)O)C(=O)O)C(=O)O)C(=O)O. The summed E-state index contributed by atoms with van der Waals surface area (Å²) in [6.45, 7) is 1.89. The van der Waals surface area contributed by atoms with Crippen molar-refractivity contribution in [2.75, 3.05) is 6.54 Å². The predicted octanol–water partition coefficient (Wildman–Crippen LogP) is 2.46. The lowest BCUT2D eigenvalue weighted by Gasteiger charge is -2.18. The summed E-state index contributed by atoms with van der Waals surface area (Å²) in [5.41, 5.74) is 0. The summed E-state index contributed by atoms with van der Waals surface area (Å²) in [5, 5.41) is 57.5. The third-order valence-electron chi connectivity index (χ3n) is 9.29. The van der Waals surface area contributed by atoms with Crippen LogP contribution in [0.4, 0.5) is 0 Å². The van der Waals surface area contributed by atoms with Crippen LogP contribution in [0.3, 0.4) is 0 Å². The molecule has 0 aliphatic rings. The van der Waals surface area contributed by atoms with Gasteiger partial charge in [0.15, 0.2) is 0 Å². The second kappa shape index (κ2) is 32.6. The molecule has 0 aromatic rings. The normalized spacial score (nSPS) is 12.8. The lowest BCUT2D eigenvalue weighted by molar-refractivity contribution is -0.147. The van der Waals surface area contributed by atoms with Crippen LogP contribution in [-0.2, 0) is 47.9 Å².